The summed E-state index contributed by atoms with van der Waals surface area (Å²) in [5.74, 6) is 2.82. The summed E-state index contributed by atoms with van der Waals surface area (Å²) in [6.45, 7) is 0. The lowest BCUT2D eigenvalue weighted by molar-refractivity contribution is 0.350. The van der Waals surface area contributed by atoms with Crippen molar-refractivity contribution in [1.82, 2.24) is 0 Å². The van der Waals surface area contributed by atoms with Gasteiger partial charge in [-0.1, -0.05) is 12.1 Å². The highest BCUT2D eigenvalue weighted by Crippen LogP contribution is 2.53. The molecule has 0 N–H and O–H groups in total. The van der Waals surface area contributed by atoms with E-state index < -0.39 is 0 Å². The lowest BCUT2D eigenvalue weighted by Gasteiger charge is -2.09. The zero-order chi connectivity index (χ0) is 16.4. The van der Waals surface area contributed by atoms with Crippen LogP contribution in [0.1, 0.15) is 23.3 Å². The maximum atomic E-state index is 5.84. The van der Waals surface area contributed by atoms with Crippen LogP contribution in [0.15, 0.2) is 36.4 Å². The minimum Gasteiger partial charge on any atom is -0.493 e. The van der Waals surface area contributed by atoms with Gasteiger partial charge in [0.15, 0.2) is 23.0 Å². The Morgan fingerprint density at radius 1 is 0.609 bits per heavy atom. The van der Waals surface area contributed by atoms with Gasteiger partial charge in [-0.3, -0.25) is 0 Å². The Bertz CT molecular complexity index is 638. The standard InChI is InChI=1S/C18H20O5/c1-19-13-7-5-11(9-15(13)21-3)17-18(23-17)12-6-8-14(20-2)16(10-12)22-4/h5-10,17-18H,1-4H3/t17-,18-/m0/s1. The number of methoxy groups -OCH3 is 4. The Hall–Kier alpha value is -2.40. The van der Waals surface area contributed by atoms with Crippen LogP contribution in [0, 0.1) is 0 Å². The Morgan fingerprint density at radius 3 is 1.35 bits per heavy atom. The number of benzene rings is 2. The van der Waals surface area contributed by atoms with Crippen molar-refractivity contribution in [2.45, 2.75) is 12.2 Å². The molecule has 5 heteroatoms. The third-order valence-electron chi connectivity index (χ3n) is 3.96. The molecule has 3 rings (SSSR count). The van der Waals surface area contributed by atoms with Crippen molar-refractivity contribution in [2.24, 2.45) is 0 Å². The molecule has 1 heterocycles. The lowest BCUT2D eigenvalue weighted by Crippen LogP contribution is -1.94. The third kappa shape index (κ3) is 2.92. The molecule has 2 aromatic carbocycles. The van der Waals surface area contributed by atoms with Gasteiger partial charge in [-0.05, 0) is 35.4 Å². The molecule has 23 heavy (non-hydrogen) atoms. The van der Waals surface area contributed by atoms with Crippen LogP contribution in [0.25, 0.3) is 0 Å². The Balaban J connectivity index is 1.82. The first-order valence-electron chi connectivity index (χ1n) is 7.31. The molecule has 0 aliphatic carbocycles. The fourth-order valence-electron chi connectivity index (χ4n) is 2.68. The first-order valence-corrected chi connectivity index (χ1v) is 7.31. The van der Waals surface area contributed by atoms with E-state index in [1.807, 2.05) is 36.4 Å². The Kier molecular flexibility index (Phi) is 4.30. The second kappa shape index (κ2) is 6.38. The molecule has 1 aliphatic heterocycles. The molecule has 0 spiro atoms. The molecule has 2 aromatic rings. The summed E-state index contributed by atoms with van der Waals surface area (Å²) in [7, 11) is 6.50. The molecule has 1 saturated heterocycles. The first-order chi connectivity index (χ1) is 11.2. The van der Waals surface area contributed by atoms with Crippen molar-refractivity contribution in [1.29, 1.82) is 0 Å². The van der Waals surface area contributed by atoms with Crippen LogP contribution in [0.4, 0.5) is 0 Å². The zero-order valence-corrected chi connectivity index (χ0v) is 13.7. The predicted octanol–water partition coefficient (Wildman–Crippen LogP) is 3.53. The average molecular weight is 316 g/mol. The summed E-state index contributed by atoms with van der Waals surface area (Å²) in [6.07, 6.45) is 0.0146. The van der Waals surface area contributed by atoms with E-state index in [2.05, 4.69) is 0 Å². The van der Waals surface area contributed by atoms with Crippen molar-refractivity contribution in [3.05, 3.63) is 47.5 Å². The SMILES string of the molecule is COc1ccc([C@@H]2O[C@H]2c2ccc(OC)c(OC)c2)cc1OC. The van der Waals surface area contributed by atoms with Crippen LogP contribution in [-0.4, -0.2) is 28.4 Å². The van der Waals surface area contributed by atoms with E-state index in [0.717, 1.165) is 11.1 Å². The molecule has 122 valence electrons. The highest BCUT2D eigenvalue weighted by Gasteiger charge is 2.42. The molecule has 0 unspecified atom stereocenters. The van der Waals surface area contributed by atoms with Crippen LogP contribution >= 0.6 is 0 Å². The largest absolute Gasteiger partial charge is 0.493 e. The zero-order valence-electron chi connectivity index (χ0n) is 13.7. The van der Waals surface area contributed by atoms with E-state index in [-0.39, 0.29) is 12.2 Å². The fourth-order valence-corrected chi connectivity index (χ4v) is 2.68. The first kappa shape index (κ1) is 15.5. The highest BCUT2D eigenvalue weighted by molar-refractivity contribution is 5.47. The van der Waals surface area contributed by atoms with Crippen LogP contribution in [-0.2, 0) is 4.74 Å². The molecule has 5 nitrogen and oxygen atoms in total. The molecule has 0 saturated carbocycles. The molecule has 0 bridgehead atoms. The number of rotatable bonds is 6. The van der Waals surface area contributed by atoms with Crippen LogP contribution < -0.4 is 18.9 Å². The van der Waals surface area contributed by atoms with Gasteiger partial charge in [0.1, 0.15) is 12.2 Å². The summed E-state index contributed by atoms with van der Waals surface area (Å²) in [4.78, 5) is 0. The average Bonchev–Trinajstić information content (AvgIpc) is 3.41. The summed E-state index contributed by atoms with van der Waals surface area (Å²) in [6, 6.07) is 11.7. The van der Waals surface area contributed by atoms with Gasteiger partial charge in [0.2, 0.25) is 0 Å². The van der Waals surface area contributed by atoms with Crippen molar-refractivity contribution in [3.63, 3.8) is 0 Å². The summed E-state index contributed by atoms with van der Waals surface area (Å²) in [5.41, 5.74) is 2.12. The number of hydrogen-bond acceptors (Lipinski definition) is 5. The smallest absolute Gasteiger partial charge is 0.161 e. The fraction of sp³-hybridized carbons (Fsp3) is 0.333. The van der Waals surface area contributed by atoms with E-state index in [0.29, 0.717) is 23.0 Å². The summed E-state index contributed by atoms with van der Waals surface area (Å²) in [5, 5.41) is 0. The summed E-state index contributed by atoms with van der Waals surface area (Å²) < 4.78 is 27.1. The van der Waals surface area contributed by atoms with Gasteiger partial charge in [-0.2, -0.15) is 0 Å². The maximum absolute atomic E-state index is 5.84. The highest BCUT2D eigenvalue weighted by atomic mass is 16.6. The van der Waals surface area contributed by atoms with E-state index in [1.54, 1.807) is 28.4 Å². The van der Waals surface area contributed by atoms with E-state index in [4.69, 9.17) is 23.7 Å². The molecule has 1 fully saturated rings. The van der Waals surface area contributed by atoms with Gasteiger partial charge in [0.25, 0.3) is 0 Å². The third-order valence-corrected chi connectivity index (χ3v) is 3.96. The van der Waals surface area contributed by atoms with Crippen molar-refractivity contribution >= 4 is 0 Å². The second-order valence-corrected chi connectivity index (χ2v) is 5.21. The van der Waals surface area contributed by atoms with Gasteiger partial charge in [-0.25, -0.2) is 0 Å². The molecule has 0 radical (unpaired) electrons. The summed E-state index contributed by atoms with van der Waals surface area (Å²) >= 11 is 0. The molecule has 0 aromatic heterocycles. The van der Waals surface area contributed by atoms with Crippen LogP contribution in [0.5, 0.6) is 23.0 Å². The van der Waals surface area contributed by atoms with E-state index in [9.17, 15) is 0 Å². The van der Waals surface area contributed by atoms with Gasteiger partial charge >= 0.3 is 0 Å². The topological polar surface area (TPSA) is 49.5 Å². The predicted molar refractivity (Wildman–Crippen MR) is 85.7 cm³/mol. The monoisotopic (exact) mass is 316 g/mol. The molecular weight excluding hydrogens is 296 g/mol. The maximum Gasteiger partial charge on any atom is 0.161 e. The lowest BCUT2D eigenvalue weighted by atomic mass is 10.0. The molecular formula is C18H20O5. The van der Waals surface area contributed by atoms with Gasteiger partial charge < -0.3 is 23.7 Å². The van der Waals surface area contributed by atoms with Gasteiger partial charge in [0.05, 0.1) is 28.4 Å². The van der Waals surface area contributed by atoms with E-state index in [1.165, 1.54) is 0 Å². The van der Waals surface area contributed by atoms with E-state index >= 15 is 0 Å². The van der Waals surface area contributed by atoms with Crippen molar-refractivity contribution in [3.8, 4) is 23.0 Å². The normalized spacial score (nSPS) is 19.1. The number of ether oxygens (including phenoxy) is 5. The number of epoxide rings is 1. The van der Waals surface area contributed by atoms with Crippen molar-refractivity contribution < 1.29 is 23.7 Å². The molecule has 2 atom stereocenters. The minimum atomic E-state index is 0.00732. The van der Waals surface area contributed by atoms with Crippen LogP contribution in [0.2, 0.25) is 0 Å². The Morgan fingerprint density at radius 2 is 1.00 bits per heavy atom. The molecule has 1 aliphatic rings. The second-order valence-electron chi connectivity index (χ2n) is 5.21. The number of hydrogen-bond donors (Lipinski definition) is 0. The Labute approximate surface area is 135 Å². The molecule has 0 amide bonds. The van der Waals surface area contributed by atoms with Gasteiger partial charge in [0, 0.05) is 0 Å². The van der Waals surface area contributed by atoms with Gasteiger partial charge in [-0.15, -0.1) is 0 Å². The van der Waals surface area contributed by atoms with Crippen molar-refractivity contribution in [2.75, 3.05) is 28.4 Å². The quantitative estimate of drug-likeness (QED) is 0.763. The minimum absolute atomic E-state index is 0.00732. The van der Waals surface area contributed by atoms with Crippen LogP contribution in [0.3, 0.4) is 0 Å².